The highest BCUT2D eigenvalue weighted by atomic mass is 16.5. The Morgan fingerprint density at radius 2 is 1.70 bits per heavy atom. The van der Waals surface area contributed by atoms with E-state index in [4.69, 9.17) is 9.84 Å². The van der Waals surface area contributed by atoms with Gasteiger partial charge in [-0.2, -0.15) is 0 Å². The van der Waals surface area contributed by atoms with E-state index in [1.165, 1.54) is 0 Å². The number of aliphatic hydroxyl groups is 4. The van der Waals surface area contributed by atoms with E-state index in [1.807, 2.05) is 0 Å². The minimum Gasteiger partial charge on any atom is -0.507 e. The Bertz CT molecular complexity index is 613. The van der Waals surface area contributed by atoms with Crippen molar-refractivity contribution in [3.05, 3.63) is 17.2 Å². The molecule has 0 bridgehead atoms. The van der Waals surface area contributed by atoms with Crippen LogP contribution < -0.4 is 0 Å². The largest absolute Gasteiger partial charge is 0.507 e. The van der Waals surface area contributed by atoms with E-state index in [-0.39, 0.29) is 0 Å². The molecule has 1 aromatic carbocycles. The lowest BCUT2D eigenvalue weighted by Gasteiger charge is -2.40. The van der Waals surface area contributed by atoms with Crippen LogP contribution in [0.25, 0.3) is 0 Å². The van der Waals surface area contributed by atoms with Crippen LogP contribution in [0.4, 0.5) is 0 Å². The molecule has 0 aromatic heterocycles. The summed E-state index contributed by atoms with van der Waals surface area (Å²) in [4.78, 5) is 11.5. The summed E-state index contributed by atoms with van der Waals surface area (Å²) in [5, 5.41) is 68.4. The van der Waals surface area contributed by atoms with Gasteiger partial charge < -0.3 is 40.5 Å². The SMILES string of the molecule is CC(=O)c1c(O)cc(O)c([C@@H]2O[C@H](CO)[C@@H](O)[C@@H](O)[C@H]2O)c1O. The first-order valence-corrected chi connectivity index (χ1v) is 6.79. The van der Waals surface area contributed by atoms with Gasteiger partial charge in [-0.1, -0.05) is 0 Å². The van der Waals surface area contributed by atoms with E-state index in [1.54, 1.807) is 0 Å². The molecule has 9 nitrogen and oxygen atoms in total. The number of aliphatic hydroxyl groups excluding tert-OH is 4. The number of ether oxygens (including phenoxy) is 1. The number of rotatable bonds is 3. The fraction of sp³-hybridized carbons (Fsp3) is 0.500. The minimum atomic E-state index is -1.76. The fourth-order valence-electron chi connectivity index (χ4n) is 2.62. The van der Waals surface area contributed by atoms with Crippen LogP contribution in [0.5, 0.6) is 17.2 Å². The van der Waals surface area contributed by atoms with Gasteiger partial charge in [0.15, 0.2) is 5.78 Å². The van der Waals surface area contributed by atoms with Gasteiger partial charge in [-0.3, -0.25) is 4.79 Å². The zero-order valence-electron chi connectivity index (χ0n) is 12.1. The van der Waals surface area contributed by atoms with Crippen LogP contribution in [0, 0.1) is 0 Å². The summed E-state index contributed by atoms with van der Waals surface area (Å²) in [6.45, 7) is 0.378. The minimum absolute atomic E-state index is 0.440. The second-order valence-electron chi connectivity index (χ2n) is 5.36. The molecular weight excluding hydrogens is 312 g/mol. The van der Waals surface area contributed by atoms with E-state index in [2.05, 4.69) is 0 Å². The topological polar surface area (TPSA) is 168 Å². The highest BCUT2D eigenvalue weighted by Gasteiger charge is 2.46. The van der Waals surface area contributed by atoms with Gasteiger partial charge in [0.1, 0.15) is 53.3 Å². The Morgan fingerprint density at radius 3 is 2.22 bits per heavy atom. The van der Waals surface area contributed by atoms with Crippen LogP contribution in [0.15, 0.2) is 6.07 Å². The molecule has 1 saturated heterocycles. The van der Waals surface area contributed by atoms with Crippen molar-refractivity contribution >= 4 is 5.78 Å². The smallest absolute Gasteiger partial charge is 0.167 e. The number of Topliss-reactive ketones (excluding diaryl/α,β-unsaturated/α-hetero) is 1. The third kappa shape index (κ3) is 2.84. The first kappa shape index (κ1) is 17.4. The van der Waals surface area contributed by atoms with Gasteiger partial charge >= 0.3 is 0 Å². The average Bonchev–Trinajstić information content (AvgIpc) is 2.46. The van der Waals surface area contributed by atoms with Crippen molar-refractivity contribution < 1.29 is 45.3 Å². The van der Waals surface area contributed by atoms with Crippen molar-refractivity contribution in [1.82, 2.24) is 0 Å². The van der Waals surface area contributed by atoms with Crippen LogP contribution in [0.1, 0.15) is 28.9 Å². The van der Waals surface area contributed by atoms with Crippen molar-refractivity contribution in [2.75, 3.05) is 6.61 Å². The second-order valence-corrected chi connectivity index (χ2v) is 5.36. The van der Waals surface area contributed by atoms with Gasteiger partial charge in [0.2, 0.25) is 0 Å². The Labute approximate surface area is 130 Å². The predicted molar refractivity (Wildman–Crippen MR) is 74.2 cm³/mol. The molecule has 1 heterocycles. The third-order valence-corrected chi connectivity index (χ3v) is 3.83. The quantitative estimate of drug-likeness (QED) is 0.327. The Hall–Kier alpha value is -1.91. The van der Waals surface area contributed by atoms with Crippen molar-refractivity contribution in [2.24, 2.45) is 0 Å². The molecule has 0 unspecified atom stereocenters. The van der Waals surface area contributed by atoms with E-state index in [9.17, 15) is 35.4 Å². The maximum atomic E-state index is 11.5. The van der Waals surface area contributed by atoms with E-state index in [0.29, 0.717) is 0 Å². The van der Waals surface area contributed by atoms with Gasteiger partial charge in [-0.25, -0.2) is 0 Å². The zero-order valence-corrected chi connectivity index (χ0v) is 12.1. The van der Waals surface area contributed by atoms with Crippen LogP contribution >= 0.6 is 0 Å². The molecule has 7 N–H and O–H groups in total. The lowest BCUT2D eigenvalue weighted by atomic mass is 9.89. The summed E-state index contributed by atoms with van der Waals surface area (Å²) < 4.78 is 5.23. The molecule has 0 aliphatic carbocycles. The molecule has 0 saturated carbocycles. The molecule has 0 radical (unpaired) electrons. The predicted octanol–water partition coefficient (Wildman–Crippen LogP) is -1.48. The maximum Gasteiger partial charge on any atom is 0.167 e. The molecule has 0 spiro atoms. The van der Waals surface area contributed by atoms with E-state index >= 15 is 0 Å². The van der Waals surface area contributed by atoms with E-state index < -0.39 is 71.3 Å². The van der Waals surface area contributed by atoms with Gasteiger partial charge in [-0.15, -0.1) is 0 Å². The number of carbonyl (C=O) groups excluding carboxylic acids is 1. The number of aromatic hydroxyl groups is 3. The normalized spacial score (nSPS) is 31.1. The average molecular weight is 330 g/mol. The van der Waals surface area contributed by atoms with Crippen molar-refractivity contribution in [2.45, 2.75) is 37.4 Å². The molecule has 1 aliphatic rings. The molecule has 1 fully saturated rings. The highest BCUT2D eigenvalue weighted by Crippen LogP contribution is 2.45. The van der Waals surface area contributed by atoms with E-state index in [0.717, 1.165) is 13.0 Å². The lowest BCUT2D eigenvalue weighted by molar-refractivity contribution is -0.232. The number of benzene rings is 1. The van der Waals surface area contributed by atoms with Gasteiger partial charge in [0.25, 0.3) is 0 Å². The van der Waals surface area contributed by atoms with Crippen LogP contribution in [-0.2, 0) is 4.74 Å². The molecular formula is C14H18O9. The molecule has 1 aliphatic heterocycles. The monoisotopic (exact) mass is 330 g/mol. The second kappa shape index (κ2) is 6.30. The van der Waals surface area contributed by atoms with Crippen LogP contribution in [-0.4, -0.2) is 72.6 Å². The molecule has 0 amide bonds. The number of phenolic OH excluding ortho intramolecular Hbond substituents is 3. The Kier molecular flexibility index (Phi) is 4.78. The molecule has 9 heteroatoms. The van der Waals surface area contributed by atoms with Crippen molar-refractivity contribution in [1.29, 1.82) is 0 Å². The summed E-state index contributed by atoms with van der Waals surface area (Å²) in [7, 11) is 0. The number of hydrogen-bond acceptors (Lipinski definition) is 9. The van der Waals surface area contributed by atoms with Crippen LogP contribution in [0.2, 0.25) is 0 Å². The van der Waals surface area contributed by atoms with Gasteiger partial charge in [0.05, 0.1) is 12.2 Å². The third-order valence-electron chi connectivity index (χ3n) is 3.83. The lowest BCUT2D eigenvalue weighted by Crippen LogP contribution is -2.55. The molecule has 128 valence electrons. The maximum absolute atomic E-state index is 11.5. The Balaban J connectivity index is 2.56. The standard InChI is InChI=1S/C14H18O9/c1-4(16)8-5(17)2-6(18)9(11(8)20)14-13(22)12(21)10(19)7(3-15)23-14/h2,7,10,12-15,17-22H,3H2,1H3/t7-,10-,12-,13-,14+/m1/s1. The Morgan fingerprint density at radius 1 is 1.09 bits per heavy atom. The molecule has 5 atom stereocenters. The first-order valence-electron chi connectivity index (χ1n) is 6.79. The van der Waals surface area contributed by atoms with Gasteiger partial charge in [0, 0.05) is 6.07 Å². The summed E-state index contributed by atoms with van der Waals surface area (Å²) in [5.74, 6) is -2.87. The number of ketones is 1. The van der Waals surface area contributed by atoms with Crippen LogP contribution in [0.3, 0.4) is 0 Å². The first-order chi connectivity index (χ1) is 10.7. The van der Waals surface area contributed by atoms with Crippen molar-refractivity contribution in [3.8, 4) is 17.2 Å². The summed E-state index contributed by atoms with van der Waals surface area (Å²) >= 11 is 0. The van der Waals surface area contributed by atoms with Gasteiger partial charge in [-0.05, 0) is 6.92 Å². The van der Waals surface area contributed by atoms with Crippen molar-refractivity contribution in [3.63, 3.8) is 0 Å². The fourth-order valence-corrected chi connectivity index (χ4v) is 2.62. The molecule has 2 rings (SSSR count). The molecule has 1 aromatic rings. The summed E-state index contributed by atoms with van der Waals surface area (Å²) in [6, 6.07) is 0.785. The summed E-state index contributed by atoms with van der Waals surface area (Å²) in [5.41, 5.74) is -0.931. The highest BCUT2D eigenvalue weighted by molar-refractivity contribution is 6.00. The summed E-state index contributed by atoms with van der Waals surface area (Å²) in [6.07, 6.45) is -7.89. The zero-order chi connectivity index (χ0) is 17.5. The number of phenols is 3. The number of hydrogen-bond donors (Lipinski definition) is 7. The number of carbonyl (C=O) groups is 1. The molecule has 23 heavy (non-hydrogen) atoms.